The van der Waals surface area contributed by atoms with Gasteiger partial charge in [0.25, 0.3) is 5.78 Å². The van der Waals surface area contributed by atoms with E-state index in [0.717, 1.165) is 15.9 Å². The van der Waals surface area contributed by atoms with E-state index in [1.54, 1.807) is 19.2 Å². The average molecular weight is 406 g/mol. The molecule has 30 heavy (non-hydrogen) atoms. The lowest BCUT2D eigenvalue weighted by molar-refractivity contribution is -0.117. The number of aromatic nitrogens is 4. The highest BCUT2D eigenvalue weighted by atomic mass is 19.1. The first-order valence-electron chi connectivity index (χ1n) is 9.25. The summed E-state index contributed by atoms with van der Waals surface area (Å²) in [5.41, 5.74) is 2.57. The van der Waals surface area contributed by atoms with Gasteiger partial charge in [-0.05, 0) is 55.8 Å². The third-order valence-corrected chi connectivity index (χ3v) is 4.53. The Morgan fingerprint density at radius 3 is 2.60 bits per heavy atom. The molecule has 0 atom stereocenters. The van der Waals surface area contributed by atoms with Crippen LogP contribution in [0.3, 0.4) is 0 Å². The van der Waals surface area contributed by atoms with E-state index >= 15 is 0 Å². The van der Waals surface area contributed by atoms with Crippen molar-refractivity contribution in [2.24, 2.45) is 0 Å². The fourth-order valence-corrected chi connectivity index (χ4v) is 2.96. The van der Waals surface area contributed by atoms with Gasteiger partial charge >= 0.3 is 5.69 Å². The minimum Gasteiger partial charge on any atom is -0.340 e. The van der Waals surface area contributed by atoms with Crippen molar-refractivity contribution in [1.29, 1.82) is 0 Å². The van der Waals surface area contributed by atoms with E-state index in [-0.39, 0.29) is 18.1 Å². The second-order valence-electron chi connectivity index (χ2n) is 6.92. The van der Waals surface area contributed by atoms with Gasteiger partial charge in [0.1, 0.15) is 18.2 Å². The third kappa shape index (κ3) is 4.04. The predicted molar refractivity (Wildman–Crippen MR) is 111 cm³/mol. The fraction of sp³-hybridized carbons (Fsp3) is 0.143. The number of hydrogen-bond acceptors (Lipinski definition) is 5. The van der Waals surface area contributed by atoms with Crippen LogP contribution in [0.25, 0.3) is 5.78 Å². The van der Waals surface area contributed by atoms with Crippen molar-refractivity contribution in [3.63, 3.8) is 0 Å². The smallest absolute Gasteiger partial charge is 0.340 e. The number of fused-ring (bicyclic) bond motifs is 1. The molecule has 2 N–H and O–H groups in total. The van der Waals surface area contributed by atoms with Crippen LogP contribution in [-0.2, 0) is 11.3 Å². The van der Waals surface area contributed by atoms with Crippen molar-refractivity contribution in [3.05, 3.63) is 82.2 Å². The number of nitrogens with one attached hydrogen (secondary N) is 2. The van der Waals surface area contributed by atoms with Crippen molar-refractivity contribution >= 4 is 28.9 Å². The molecule has 0 aliphatic heterocycles. The van der Waals surface area contributed by atoms with Crippen LogP contribution in [0.1, 0.15) is 11.1 Å². The Kier molecular flexibility index (Phi) is 5.01. The van der Waals surface area contributed by atoms with Gasteiger partial charge in [-0.1, -0.05) is 17.7 Å². The number of carbonyl (C=O) groups excluding carboxylic acids is 1. The third-order valence-electron chi connectivity index (χ3n) is 4.53. The number of hydrogen-bond donors (Lipinski definition) is 2. The fourth-order valence-electron chi connectivity index (χ4n) is 2.96. The van der Waals surface area contributed by atoms with E-state index < -0.39 is 11.6 Å². The molecule has 0 saturated heterocycles. The van der Waals surface area contributed by atoms with Crippen LogP contribution in [0, 0.1) is 19.7 Å². The van der Waals surface area contributed by atoms with Crippen LogP contribution in [0.15, 0.2) is 59.5 Å². The lowest BCUT2D eigenvalue weighted by atomic mass is 10.2. The first-order chi connectivity index (χ1) is 14.4. The van der Waals surface area contributed by atoms with E-state index in [9.17, 15) is 14.0 Å². The summed E-state index contributed by atoms with van der Waals surface area (Å²) in [6.07, 6.45) is 1.55. The normalized spacial score (nSPS) is 10.9. The molecule has 2 aromatic carbocycles. The first kappa shape index (κ1) is 19.3. The van der Waals surface area contributed by atoms with Crippen LogP contribution < -0.4 is 16.3 Å². The Morgan fingerprint density at radius 2 is 1.87 bits per heavy atom. The standard InChI is InChI=1S/C21H19FN6O2/c1-13-3-6-16(7-4-13)23-18-9-10-27-20(25-18)26-28(21(27)30)12-19(29)24-17-8-5-15(22)11-14(17)2/h3-11H,12H2,1-2H3,(H,24,29)(H,23,25,26). The number of nitrogens with zero attached hydrogens (tertiary/aromatic N) is 4. The summed E-state index contributed by atoms with van der Waals surface area (Å²) >= 11 is 0. The van der Waals surface area contributed by atoms with Crippen molar-refractivity contribution < 1.29 is 9.18 Å². The Labute approximate surface area is 171 Å². The lowest BCUT2D eigenvalue weighted by Crippen LogP contribution is -2.28. The van der Waals surface area contributed by atoms with Crippen LogP contribution in [-0.4, -0.2) is 25.1 Å². The molecule has 2 heterocycles. The summed E-state index contributed by atoms with van der Waals surface area (Å²) in [5, 5.41) is 9.95. The van der Waals surface area contributed by atoms with E-state index in [2.05, 4.69) is 20.7 Å². The van der Waals surface area contributed by atoms with Gasteiger partial charge in [-0.2, -0.15) is 4.98 Å². The second-order valence-corrected chi connectivity index (χ2v) is 6.92. The van der Waals surface area contributed by atoms with Gasteiger partial charge in [-0.15, -0.1) is 5.10 Å². The van der Waals surface area contributed by atoms with Crippen molar-refractivity contribution in [3.8, 4) is 0 Å². The second kappa shape index (κ2) is 7.78. The summed E-state index contributed by atoms with van der Waals surface area (Å²) < 4.78 is 15.5. The number of benzene rings is 2. The maximum Gasteiger partial charge on any atom is 0.352 e. The van der Waals surface area contributed by atoms with Gasteiger partial charge in [0.05, 0.1) is 0 Å². The molecule has 0 fully saturated rings. The molecule has 152 valence electrons. The van der Waals surface area contributed by atoms with E-state index in [0.29, 0.717) is 17.1 Å². The topological polar surface area (TPSA) is 93.3 Å². The number of rotatable bonds is 5. The quantitative estimate of drug-likeness (QED) is 0.531. The van der Waals surface area contributed by atoms with E-state index in [1.165, 1.54) is 22.6 Å². The number of carbonyl (C=O) groups is 1. The number of amides is 1. The molecular weight excluding hydrogens is 387 g/mol. The highest BCUT2D eigenvalue weighted by molar-refractivity contribution is 5.91. The highest BCUT2D eigenvalue weighted by Gasteiger charge is 2.13. The van der Waals surface area contributed by atoms with Crippen molar-refractivity contribution in [2.75, 3.05) is 10.6 Å². The van der Waals surface area contributed by atoms with Gasteiger partial charge in [-0.3, -0.25) is 4.79 Å². The minimum atomic E-state index is -0.481. The molecule has 0 spiro atoms. The SMILES string of the molecule is Cc1ccc(Nc2ccn3c(=O)n(CC(=O)Nc4ccc(F)cc4C)nc3n2)cc1. The molecule has 9 heteroatoms. The summed E-state index contributed by atoms with van der Waals surface area (Å²) in [7, 11) is 0. The van der Waals surface area contributed by atoms with Crippen molar-refractivity contribution in [1.82, 2.24) is 19.2 Å². The first-order valence-corrected chi connectivity index (χ1v) is 9.25. The van der Waals surface area contributed by atoms with E-state index in [4.69, 9.17) is 0 Å². The van der Waals surface area contributed by atoms with Gasteiger partial charge in [-0.25, -0.2) is 18.3 Å². The molecule has 0 bridgehead atoms. The minimum absolute atomic E-state index is 0.169. The molecular formula is C21H19FN6O2. The summed E-state index contributed by atoms with van der Waals surface area (Å²) in [4.78, 5) is 29.2. The molecule has 4 rings (SSSR count). The van der Waals surface area contributed by atoms with Crippen LogP contribution in [0.5, 0.6) is 0 Å². The highest BCUT2D eigenvalue weighted by Crippen LogP contribution is 2.16. The molecule has 0 saturated carbocycles. The molecule has 0 unspecified atom stereocenters. The van der Waals surface area contributed by atoms with Crippen LogP contribution in [0.2, 0.25) is 0 Å². The zero-order chi connectivity index (χ0) is 21.3. The zero-order valence-electron chi connectivity index (χ0n) is 16.4. The Hall–Kier alpha value is -4.01. The maximum absolute atomic E-state index is 13.2. The zero-order valence-corrected chi connectivity index (χ0v) is 16.4. The molecule has 2 aromatic heterocycles. The van der Waals surface area contributed by atoms with Crippen LogP contribution >= 0.6 is 0 Å². The van der Waals surface area contributed by atoms with E-state index in [1.807, 2.05) is 31.2 Å². The summed E-state index contributed by atoms with van der Waals surface area (Å²) in [5.74, 6) is -0.144. The molecule has 8 nitrogen and oxygen atoms in total. The average Bonchev–Trinajstić information content (AvgIpc) is 3.01. The molecule has 0 radical (unpaired) electrons. The van der Waals surface area contributed by atoms with Crippen LogP contribution in [0.4, 0.5) is 21.6 Å². The Morgan fingerprint density at radius 1 is 1.10 bits per heavy atom. The monoisotopic (exact) mass is 406 g/mol. The Balaban J connectivity index is 1.53. The van der Waals surface area contributed by atoms with Gasteiger partial charge < -0.3 is 10.6 Å². The predicted octanol–water partition coefficient (Wildman–Crippen LogP) is 3.03. The number of anilines is 3. The maximum atomic E-state index is 13.2. The molecule has 4 aromatic rings. The Bertz CT molecular complexity index is 1290. The largest absolute Gasteiger partial charge is 0.352 e. The molecule has 1 amide bonds. The number of aryl methyl sites for hydroxylation is 2. The molecule has 0 aliphatic rings. The summed E-state index contributed by atoms with van der Waals surface area (Å²) in [6, 6.07) is 13.5. The number of halogens is 1. The van der Waals surface area contributed by atoms with Gasteiger partial charge in [0.15, 0.2) is 0 Å². The molecule has 0 aliphatic carbocycles. The van der Waals surface area contributed by atoms with Gasteiger partial charge in [0, 0.05) is 17.6 Å². The summed E-state index contributed by atoms with van der Waals surface area (Å²) in [6.45, 7) is 3.39. The van der Waals surface area contributed by atoms with Crippen molar-refractivity contribution in [2.45, 2.75) is 20.4 Å². The van der Waals surface area contributed by atoms with Gasteiger partial charge in [0.2, 0.25) is 5.91 Å². The lowest BCUT2D eigenvalue weighted by Gasteiger charge is -2.07.